The van der Waals surface area contributed by atoms with Crippen LogP contribution in [0.4, 0.5) is 0 Å². The standard InChI is InChI=1S/C13H17N3O/c1-2-8(1)13-15-12(17-16-13)7-9-3-4-10-5-6-11(9)14-10/h3,8,10-11,14H,1-2,4-7H2. The van der Waals surface area contributed by atoms with Gasteiger partial charge in [0.15, 0.2) is 5.82 Å². The lowest BCUT2D eigenvalue weighted by atomic mass is 10.0. The average Bonchev–Trinajstić information content (AvgIpc) is 2.97. The molecule has 0 amide bonds. The van der Waals surface area contributed by atoms with Crippen molar-refractivity contribution >= 4 is 0 Å². The molecule has 1 N–H and O–H groups in total. The average molecular weight is 231 g/mol. The van der Waals surface area contributed by atoms with Crippen LogP contribution in [0, 0.1) is 0 Å². The molecular formula is C13H17N3O. The van der Waals surface area contributed by atoms with Gasteiger partial charge in [0.25, 0.3) is 0 Å². The quantitative estimate of drug-likeness (QED) is 0.808. The van der Waals surface area contributed by atoms with Crippen molar-refractivity contribution in [1.29, 1.82) is 0 Å². The number of rotatable bonds is 3. The summed E-state index contributed by atoms with van der Waals surface area (Å²) < 4.78 is 5.35. The minimum absolute atomic E-state index is 0.560. The molecule has 2 aliphatic heterocycles. The van der Waals surface area contributed by atoms with Crippen molar-refractivity contribution in [3.8, 4) is 0 Å². The summed E-state index contributed by atoms with van der Waals surface area (Å²) in [6, 6.07) is 1.28. The van der Waals surface area contributed by atoms with Gasteiger partial charge in [0.05, 0.1) is 0 Å². The molecule has 2 bridgehead atoms. The zero-order chi connectivity index (χ0) is 11.2. The molecule has 1 aromatic heterocycles. The van der Waals surface area contributed by atoms with Crippen molar-refractivity contribution in [3.05, 3.63) is 23.4 Å². The summed E-state index contributed by atoms with van der Waals surface area (Å²) in [6.45, 7) is 0. The van der Waals surface area contributed by atoms with Crippen LogP contribution in [-0.4, -0.2) is 22.2 Å². The Bertz CT molecular complexity index is 461. The summed E-state index contributed by atoms with van der Waals surface area (Å²) in [5.41, 5.74) is 1.45. The Labute approximate surface area is 100 Å². The molecule has 4 heteroatoms. The summed E-state index contributed by atoms with van der Waals surface area (Å²) in [5, 5.41) is 7.72. The summed E-state index contributed by atoms with van der Waals surface area (Å²) in [5.74, 6) is 2.31. The second kappa shape index (κ2) is 3.67. The predicted octanol–water partition coefficient (Wildman–Crippen LogP) is 1.94. The number of nitrogens with zero attached hydrogens (tertiary/aromatic N) is 2. The van der Waals surface area contributed by atoms with E-state index in [0.29, 0.717) is 18.0 Å². The third kappa shape index (κ3) is 1.80. The molecule has 0 aromatic carbocycles. The summed E-state index contributed by atoms with van der Waals surface area (Å²) in [6.07, 6.45) is 9.41. The Morgan fingerprint density at radius 2 is 2.24 bits per heavy atom. The maximum atomic E-state index is 5.35. The van der Waals surface area contributed by atoms with Crippen LogP contribution in [0.3, 0.4) is 0 Å². The molecule has 1 aromatic rings. The van der Waals surface area contributed by atoms with Gasteiger partial charge in [0.1, 0.15) is 0 Å². The fourth-order valence-corrected chi connectivity index (χ4v) is 2.95. The summed E-state index contributed by atoms with van der Waals surface area (Å²) >= 11 is 0. The molecule has 0 spiro atoms. The molecule has 1 saturated carbocycles. The van der Waals surface area contributed by atoms with Crippen molar-refractivity contribution in [2.24, 2.45) is 0 Å². The zero-order valence-electron chi connectivity index (χ0n) is 9.85. The fraction of sp³-hybridized carbons (Fsp3) is 0.692. The summed E-state index contributed by atoms with van der Waals surface area (Å²) in [7, 11) is 0. The molecule has 1 saturated heterocycles. The Balaban J connectivity index is 1.50. The first-order chi connectivity index (χ1) is 8.38. The maximum Gasteiger partial charge on any atom is 0.230 e. The lowest BCUT2D eigenvalue weighted by molar-refractivity contribution is 0.375. The zero-order valence-corrected chi connectivity index (χ0v) is 9.85. The Morgan fingerprint density at radius 1 is 1.29 bits per heavy atom. The van der Waals surface area contributed by atoms with E-state index in [1.165, 1.54) is 31.3 Å². The molecule has 0 radical (unpaired) electrons. The van der Waals surface area contributed by atoms with Gasteiger partial charge in [0.2, 0.25) is 5.89 Å². The van der Waals surface area contributed by atoms with Gasteiger partial charge in [-0.15, -0.1) is 0 Å². The minimum Gasteiger partial charge on any atom is -0.339 e. The highest BCUT2D eigenvalue weighted by atomic mass is 16.5. The fourth-order valence-electron chi connectivity index (χ4n) is 2.95. The van der Waals surface area contributed by atoms with Crippen LogP contribution in [0.2, 0.25) is 0 Å². The van der Waals surface area contributed by atoms with Gasteiger partial charge in [-0.2, -0.15) is 4.98 Å². The van der Waals surface area contributed by atoms with Crippen molar-refractivity contribution in [1.82, 2.24) is 15.5 Å². The van der Waals surface area contributed by atoms with Crippen molar-refractivity contribution in [2.45, 2.75) is 56.5 Å². The Kier molecular flexibility index (Phi) is 2.12. The van der Waals surface area contributed by atoms with E-state index in [4.69, 9.17) is 4.52 Å². The Hall–Kier alpha value is -1.16. The second-order valence-electron chi connectivity index (χ2n) is 5.51. The molecule has 90 valence electrons. The smallest absolute Gasteiger partial charge is 0.230 e. The molecule has 3 aliphatic rings. The number of nitrogens with one attached hydrogen (secondary N) is 1. The van der Waals surface area contributed by atoms with Gasteiger partial charge in [0, 0.05) is 24.4 Å². The minimum atomic E-state index is 0.560. The first kappa shape index (κ1) is 9.83. The second-order valence-corrected chi connectivity index (χ2v) is 5.51. The van der Waals surface area contributed by atoms with E-state index in [0.717, 1.165) is 24.6 Å². The topological polar surface area (TPSA) is 51.0 Å². The lowest BCUT2D eigenvalue weighted by Gasteiger charge is -2.21. The molecule has 1 aliphatic carbocycles. The summed E-state index contributed by atoms with van der Waals surface area (Å²) in [4.78, 5) is 4.50. The monoisotopic (exact) mass is 231 g/mol. The molecule has 17 heavy (non-hydrogen) atoms. The van der Waals surface area contributed by atoms with Crippen LogP contribution in [0.1, 0.15) is 49.7 Å². The highest BCUT2D eigenvalue weighted by Gasteiger charge is 2.32. The predicted molar refractivity (Wildman–Crippen MR) is 62.6 cm³/mol. The first-order valence-corrected chi connectivity index (χ1v) is 6.66. The molecule has 2 fully saturated rings. The van der Waals surface area contributed by atoms with Gasteiger partial charge in [-0.05, 0) is 37.7 Å². The highest BCUT2D eigenvalue weighted by molar-refractivity contribution is 5.22. The van der Waals surface area contributed by atoms with E-state index in [1.54, 1.807) is 0 Å². The van der Waals surface area contributed by atoms with E-state index < -0.39 is 0 Å². The van der Waals surface area contributed by atoms with E-state index in [9.17, 15) is 0 Å². The maximum absolute atomic E-state index is 5.35. The van der Waals surface area contributed by atoms with Gasteiger partial charge in [-0.25, -0.2) is 0 Å². The molecular weight excluding hydrogens is 214 g/mol. The highest BCUT2D eigenvalue weighted by Crippen LogP contribution is 2.38. The molecule has 2 atom stereocenters. The van der Waals surface area contributed by atoms with Crippen LogP contribution in [-0.2, 0) is 6.42 Å². The number of fused-ring (bicyclic) bond motifs is 2. The van der Waals surface area contributed by atoms with Crippen molar-refractivity contribution in [3.63, 3.8) is 0 Å². The molecule has 4 nitrogen and oxygen atoms in total. The third-order valence-corrected chi connectivity index (χ3v) is 4.13. The molecule has 3 heterocycles. The van der Waals surface area contributed by atoms with E-state index in [1.807, 2.05) is 0 Å². The van der Waals surface area contributed by atoms with Crippen LogP contribution in [0.5, 0.6) is 0 Å². The Morgan fingerprint density at radius 3 is 3.12 bits per heavy atom. The number of hydrogen-bond donors (Lipinski definition) is 1. The van der Waals surface area contributed by atoms with E-state index >= 15 is 0 Å². The SMILES string of the molecule is C1=C(Cc2nc(C3CC3)no2)C2CCC(C1)N2. The van der Waals surface area contributed by atoms with Crippen LogP contribution in [0.15, 0.2) is 16.2 Å². The number of aromatic nitrogens is 2. The third-order valence-electron chi connectivity index (χ3n) is 4.13. The van der Waals surface area contributed by atoms with Gasteiger partial charge >= 0.3 is 0 Å². The lowest BCUT2D eigenvalue weighted by Crippen LogP contribution is -2.34. The van der Waals surface area contributed by atoms with Crippen molar-refractivity contribution < 1.29 is 4.52 Å². The van der Waals surface area contributed by atoms with Gasteiger partial charge in [-0.3, -0.25) is 0 Å². The first-order valence-electron chi connectivity index (χ1n) is 6.66. The molecule has 2 unspecified atom stereocenters. The van der Waals surface area contributed by atoms with Crippen LogP contribution < -0.4 is 5.32 Å². The number of hydrogen-bond acceptors (Lipinski definition) is 4. The van der Waals surface area contributed by atoms with Crippen LogP contribution in [0.25, 0.3) is 0 Å². The van der Waals surface area contributed by atoms with Crippen LogP contribution >= 0.6 is 0 Å². The van der Waals surface area contributed by atoms with E-state index in [-0.39, 0.29) is 0 Å². The molecule has 4 rings (SSSR count). The van der Waals surface area contributed by atoms with E-state index in [2.05, 4.69) is 21.5 Å². The normalized spacial score (nSPS) is 31.6. The van der Waals surface area contributed by atoms with Gasteiger partial charge in [-0.1, -0.05) is 11.2 Å². The largest absolute Gasteiger partial charge is 0.339 e. The van der Waals surface area contributed by atoms with Crippen molar-refractivity contribution in [2.75, 3.05) is 0 Å². The van der Waals surface area contributed by atoms with Gasteiger partial charge < -0.3 is 9.84 Å².